The summed E-state index contributed by atoms with van der Waals surface area (Å²) in [5.74, 6) is -0.258. The fourth-order valence-electron chi connectivity index (χ4n) is 3.72. The fraction of sp³-hybridized carbons (Fsp3) is 0.130. The van der Waals surface area contributed by atoms with Crippen LogP contribution in [0.1, 0.15) is 21.7 Å². The molecule has 2 aromatic carbocycles. The van der Waals surface area contributed by atoms with Gasteiger partial charge in [0.15, 0.2) is 5.76 Å². The predicted molar refractivity (Wildman–Crippen MR) is 116 cm³/mol. The minimum Gasteiger partial charge on any atom is -0.451 e. The lowest BCUT2D eigenvalue weighted by Gasteiger charge is -2.28. The monoisotopic (exact) mass is 433 g/mol. The maximum atomic E-state index is 13.1. The molecule has 4 aromatic rings. The van der Waals surface area contributed by atoms with Gasteiger partial charge in [-0.05, 0) is 53.9 Å². The van der Waals surface area contributed by atoms with Crippen molar-refractivity contribution in [3.05, 3.63) is 89.9 Å². The van der Waals surface area contributed by atoms with Gasteiger partial charge in [0, 0.05) is 36.6 Å². The SMILES string of the molecule is O=C(Nc1ccc(S(=O)(=O)N2CCc3ccccc3C2)cc1)c1cc2cnccc2o1. The van der Waals surface area contributed by atoms with E-state index in [9.17, 15) is 13.2 Å². The largest absolute Gasteiger partial charge is 0.451 e. The molecule has 1 amide bonds. The quantitative estimate of drug-likeness (QED) is 0.528. The fourth-order valence-corrected chi connectivity index (χ4v) is 5.14. The summed E-state index contributed by atoms with van der Waals surface area (Å²) in [4.78, 5) is 16.7. The molecule has 0 unspecified atom stereocenters. The molecule has 1 aliphatic heterocycles. The topological polar surface area (TPSA) is 92.5 Å². The molecule has 1 N–H and O–H groups in total. The molecular formula is C23H19N3O4S. The number of benzene rings is 2. The summed E-state index contributed by atoms with van der Waals surface area (Å²) in [5.41, 5.74) is 3.27. The lowest BCUT2D eigenvalue weighted by Crippen LogP contribution is -2.35. The van der Waals surface area contributed by atoms with Gasteiger partial charge < -0.3 is 9.73 Å². The molecule has 31 heavy (non-hydrogen) atoms. The van der Waals surface area contributed by atoms with Crippen LogP contribution in [0.15, 0.2) is 82.4 Å². The zero-order valence-electron chi connectivity index (χ0n) is 16.5. The number of hydrogen-bond donors (Lipinski definition) is 1. The summed E-state index contributed by atoms with van der Waals surface area (Å²) in [7, 11) is -3.62. The number of carbonyl (C=O) groups is 1. The van der Waals surface area contributed by atoms with Gasteiger partial charge in [0.05, 0.1) is 4.90 Å². The van der Waals surface area contributed by atoms with Crippen LogP contribution in [-0.2, 0) is 23.0 Å². The zero-order chi connectivity index (χ0) is 21.4. The second kappa shape index (κ2) is 7.64. The van der Waals surface area contributed by atoms with E-state index in [1.165, 1.54) is 22.0 Å². The van der Waals surface area contributed by atoms with Crippen LogP contribution < -0.4 is 5.32 Å². The van der Waals surface area contributed by atoms with Crippen molar-refractivity contribution in [1.82, 2.24) is 9.29 Å². The van der Waals surface area contributed by atoms with Crippen LogP contribution in [0.3, 0.4) is 0 Å². The van der Waals surface area contributed by atoms with E-state index in [0.717, 1.165) is 10.9 Å². The highest BCUT2D eigenvalue weighted by Crippen LogP contribution is 2.26. The summed E-state index contributed by atoms with van der Waals surface area (Å²) in [5, 5.41) is 3.46. The van der Waals surface area contributed by atoms with E-state index < -0.39 is 15.9 Å². The highest BCUT2D eigenvalue weighted by molar-refractivity contribution is 7.89. The van der Waals surface area contributed by atoms with Crippen LogP contribution in [0.25, 0.3) is 11.0 Å². The van der Waals surface area contributed by atoms with E-state index in [1.807, 2.05) is 24.3 Å². The van der Waals surface area contributed by atoms with Crippen LogP contribution in [0, 0.1) is 0 Å². The third-order valence-electron chi connectivity index (χ3n) is 5.39. The van der Waals surface area contributed by atoms with E-state index in [0.29, 0.717) is 30.8 Å². The molecule has 0 saturated heterocycles. The number of nitrogens with one attached hydrogen (secondary N) is 1. The molecule has 0 fully saturated rings. The molecule has 5 rings (SSSR count). The molecule has 3 heterocycles. The highest BCUT2D eigenvalue weighted by Gasteiger charge is 2.28. The predicted octanol–water partition coefficient (Wildman–Crippen LogP) is 3.83. The van der Waals surface area contributed by atoms with Crippen molar-refractivity contribution in [3.63, 3.8) is 0 Å². The van der Waals surface area contributed by atoms with Crippen molar-refractivity contribution in [2.24, 2.45) is 0 Å². The number of sulfonamides is 1. The van der Waals surface area contributed by atoms with E-state index in [4.69, 9.17) is 4.42 Å². The summed E-state index contributed by atoms with van der Waals surface area (Å²) in [6, 6.07) is 17.4. The van der Waals surface area contributed by atoms with Crippen molar-refractivity contribution in [2.45, 2.75) is 17.9 Å². The molecule has 0 spiro atoms. The Morgan fingerprint density at radius 2 is 1.81 bits per heavy atom. The first kappa shape index (κ1) is 19.5. The van der Waals surface area contributed by atoms with Gasteiger partial charge >= 0.3 is 0 Å². The Hall–Kier alpha value is -3.49. The van der Waals surface area contributed by atoms with E-state index in [1.54, 1.807) is 36.7 Å². The zero-order valence-corrected chi connectivity index (χ0v) is 17.3. The smallest absolute Gasteiger partial charge is 0.291 e. The van der Waals surface area contributed by atoms with Crippen molar-refractivity contribution in [3.8, 4) is 0 Å². The first-order chi connectivity index (χ1) is 15.0. The average molecular weight is 433 g/mol. The number of amides is 1. The van der Waals surface area contributed by atoms with Gasteiger partial charge in [-0.2, -0.15) is 4.31 Å². The molecule has 1 aliphatic rings. The van der Waals surface area contributed by atoms with Crippen molar-refractivity contribution >= 4 is 32.6 Å². The van der Waals surface area contributed by atoms with Gasteiger partial charge in [-0.15, -0.1) is 0 Å². The van der Waals surface area contributed by atoms with Gasteiger partial charge in [-0.25, -0.2) is 8.42 Å². The maximum Gasteiger partial charge on any atom is 0.291 e. The summed E-state index contributed by atoms with van der Waals surface area (Å²) in [6.45, 7) is 0.802. The molecular weight excluding hydrogens is 414 g/mol. The van der Waals surface area contributed by atoms with E-state index in [-0.39, 0.29) is 10.7 Å². The van der Waals surface area contributed by atoms with E-state index in [2.05, 4.69) is 10.3 Å². The van der Waals surface area contributed by atoms with Gasteiger partial charge in [-0.3, -0.25) is 9.78 Å². The number of nitrogens with zero attached hydrogens (tertiary/aromatic N) is 2. The van der Waals surface area contributed by atoms with Gasteiger partial charge in [-0.1, -0.05) is 24.3 Å². The molecule has 0 atom stereocenters. The van der Waals surface area contributed by atoms with Crippen molar-refractivity contribution < 1.29 is 17.6 Å². The molecule has 7 nitrogen and oxygen atoms in total. The number of carbonyl (C=O) groups excluding carboxylic acids is 1. The number of anilines is 1. The summed E-state index contributed by atoms with van der Waals surface area (Å²) in [6.07, 6.45) is 3.90. The number of rotatable bonds is 4. The molecule has 2 aromatic heterocycles. The lowest BCUT2D eigenvalue weighted by atomic mass is 10.0. The molecule has 0 radical (unpaired) electrons. The number of aromatic nitrogens is 1. The minimum atomic E-state index is -3.62. The molecule has 0 bridgehead atoms. The second-order valence-corrected chi connectivity index (χ2v) is 9.30. The Morgan fingerprint density at radius 3 is 2.58 bits per heavy atom. The second-order valence-electron chi connectivity index (χ2n) is 7.36. The normalized spacial score (nSPS) is 14.3. The van der Waals surface area contributed by atoms with Crippen LogP contribution in [-0.4, -0.2) is 30.2 Å². The standard InChI is InChI=1S/C23H19N3O4S/c27-23(22-13-18-14-24-11-9-21(18)30-22)25-19-5-7-20(8-6-19)31(28,29)26-12-10-16-3-1-2-4-17(16)15-26/h1-9,11,13-14H,10,12,15H2,(H,25,27). The Labute approximate surface area is 179 Å². The molecule has 156 valence electrons. The van der Waals surface area contributed by atoms with Gasteiger partial charge in [0.1, 0.15) is 5.58 Å². The Morgan fingerprint density at radius 1 is 1.03 bits per heavy atom. The number of fused-ring (bicyclic) bond motifs is 2. The molecule has 0 aliphatic carbocycles. The summed E-state index contributed by atoms with van der Waals surface area (Å²) >= 11 is 0. The minimum absolute atomic E-state index is 0.159. The third-order valence-corrected chi connectivity index (χ3v) is 7.25. The lowest BCUT2D eigenvalue weighted by molar-refractivity contribution is 0.0998. The molecule has 0 saturated carbocycles. The Bertz CT molecular complexity index is 1340. The van der Waals surface area contributed by atoms with Gasteiger partial charge in [0.2, 0.25) is 10.0 Å². The van der Waals surface area contributed by atoms with Crippen LogP contribution in [0.5, 0.6) is 0 Å². The average Bonchev–Trinajstić information content (AvgIpc) is 3.24. The third kappa shape index (κ3) is 3.71. The van der Waals surface area contributed by atoms with Crippen molar-refractivity contribution in [1.29, 1.82) is 0 Å². The van der Waals surface area contributed by atoms with Crippen LogP contribution >= 0.6 is 0 Å². The first-order valence-electron chi connectivity index (χ1n) is 9.83. The molecule has 8 heteroatoms. The highest BCUT2D eigenvalue weighted by atomic mass is 32.2. The first-order valence-corrected chi connectivity index (χ1v) is 11.3. The van der Waals surface area contributed by atoms with E-state index >= 15 is 0 Å². The Kier molecular flexibility index (Phi) is 4.80. The Balaban J connectivity index is 1.32. The van der Waals surface area contributed by atoms with Crippen LogP contribution in [0.4, 0.5) is 5.69 Å². The number of pyridine rings is 1. The van der Waals surface area contributed by atoms with Crippen LogP contribution in [0.2, 0.25) is 0 Å². The summed E-state index contributed by atoms with van der Waals surface area (Å²) < 4.78 is 33.2. The number of hydrogen-bond acceptors (Lipinski definition) is 5. The maximum absolute atomic E-state index is 13.1. The number of furan rings is 1. The van der Waals surface area contributed by atoms with Gasteiger partial charge in [0.25, 0.3) is 5.91 Å². The van der Waals surface area contributed by atoms with Crippen molar-refractivity contribution in [2.75, 3.05) is 11.9 Å².